The molecule has 1 saturated heterocycles. The highest BCUT2D eigenvalue weighted by Gasteiger charge is 2.22. The molecule has 0 spiro atoms. The van der Waals surface area contributed by atoms with E-state index in [1.54, 1.807) is 35.4 Å². The van der Waals surface area contributed by atoms with Crippen LogP contribution in [0.3, 0.4) is 0 Å². The number of aromatic nitrogens is 1. The van der Waals surface area contributed by atoms with Crippen molar-refractivity contribution in [3.8, 4) is 5.75 Å². The van der Waals surface area contributed by atoms with Crippen LogP contribution in [0, 0.1) is 0 Å². The molecule has 1 aromatic carbocycles. The van der Waals surface area contributed by atoms with Gasteiger partial charge in [0, 0.05) is 32.4 Å². The normalized spacial score (nSPS) is 13.5. The Morgan fingerprint density at radius 1 is 1.03 bits per heavy atom. The van der Waals surface area contributed by atoms with Gasteiger partial charge in [-0.1, -0.05) is 18.2 Å². The van der Waals surface area contributed by atoms with Gasteiger partial charge in [-0.15, -0.1) is 0 Å². The third-order valence-corrected chi connectivity index (χ3v) is 4.71. The van der Waals surface area contributed by atoms with Crippen molar-refractivity contribution in [2.75, 3.05) is 51.3 Å². The van der Waals surface area contributed by atoms with E-state index < -0.39 is 11.9 Å². The lowest BCUT2D eigenvalue weighted by Gasteiger charge is -2.35. The summed E-state index contributed by atoms with van der Waals surface area (Å²) < 4.78 is 10.1. The Hall–Kier alpha value is -3.62. The van der Waals surface area contributed by atoms with Gasteiger partial charge in [-0.3, -0.25) is 14.4 Å². The second-order valence-electron chi connectivity index (χ2n) is 6.60. The Morgan fingerprint density at radius 3 is 2.47 bits per heavy atom. The molecule has 1 fully saturated rings. The Morgan fingerprint density at radius 2 is 1.77 bits per heavy atom. The molecule has 0 radical (unpaired) electrons. The first-order valence-corrected chi connectivity index (χ1v) is 9.59. The summed E-state index contributed by atoms with van der Waals surface area (Å²) in [6.45, 7) is 1.68. The van der Waals surface area contributed by atoms with Gasteiger partial charge >= 0.3 is 5.97 Å². The highest BCUT2D eigenvalue weighted by molar-refractivity contribution is 5.98. The number of para-hydroxylation sites is 1. The number of methoxy groups -OCH3 is 1. The second-order valence-corrected chi connectivity index (χ2v) is 6.60. The zero-order valence-corrected chi connectivity index (χ0v) is 16.7. The summed E-state index contributed by atoms with van der Waals surface area (Å²) >= 11 is 0. The van der Waals surface area contributed by atoms with E-state index in [1.807, 2.05) is 18.2 Å². The molecule has 3 rings (SSSR count). The predicted octanol–water partition coefficient (Wildman–Crippen LogP) is 0.712. The minimum Gasteiger partial charge on any atom is -0.496 e. The Bertz CT molecular complexity index is 882. The number of carbonyl (C=O) groups is 3. The van der Waals surface area contributed by atoms with E-state index in [9.17, 15) is 14.4 Å². The number of nitrogens with one attached hydrogen (secondary N) is 1. The molecular formula is C21H24N4O5. The van der Waals surface area contributed by atoms with Crippen molar-refractivity contribution in [1.29, 1.82) is 0 Å². The van der Waals surface area contributed by atoms with E-state index in [2.05, 4.69) is 15.2 Å². The topological polar surface area (TPSA) is 101 Å². The quantitative estimate of drug-likeness (QED) is 0.669. The van der Waals surface area contributed by atoms with Gasteiger partial charge in [0.2, 0.25) is 0 Å². The first-order chi connectivity index (χ1) is 14.6. The van der Waals surface area contributed by atoms with Gasteiger partial charge in [-0.2, -0.15) is 0 Å². The molecule has 1 aromatic heterocycles. The molecule has 1 N–H and O–H groups in total. The number of piperazine rings is 1. The van der Waals surface area contributed by atoms with Crippen molar-refractivity contribution >= 4 is 23.6 Å². The van der Waals surface area contributed by atoms with Crippen molar-refractivity contribution in [1.82, 2.24) is 15.2 Å². The van der Waals surface area contributed by atoms with Crippen molar-refractivity contribution in [3.05, 3.63) is 54.2 Å². The molecule has 0 aliphatic carbocycles. The SMILES string of the molecule is COc1ccccc1C(=O)NCC(=O)OCC(=O)N1CCN(c2ccccn2)CC1. The predicted molar refractivity (Wildman–Crippen MR) is 109 cm³/mol. The number of esters is 1. The van der Waals surface area contributed by atoms with E-state index in [-0.39, 0.29) is 19.1 Å². The summed E-state index contributed by atoms with van der Waals surface area (Å²) in [6.07, 6.45) is 1.74. The molecule has 1 aliphatic heterocycles. The molecule has 2 amide bonds. The van der Waals surface area contributed by atoms with Crippen LogP contribution >= 0.6 is 0 Å². The zero-order valence-electron chi connectivity index (χ0n) is 16.7. The van der Waals surface area contributed by atoms with Gasteiger partial charge in [0.25, 0.3) is 11.8 Å². The number of amides is 2. The number of rotatable bonds is 7. The summed E-state index contributed by atoms with van der Waals surface area (Å²) in [4.78, 5) is 44.4. The lowest BCUT2D eigenvalue weighted by molar-refractivity contribution is -0.151. The van der Waals surface area contributed by atoms with Crippen LogP contribution in [0.4, 0.5) is 5.82 Å². The average Bonchev–Trinajstić information content (AvgIpc) is 2.81. The van der Waals surface area contributed by atoms with Crippen molar-refractivity contribution < 1.29 is 23.9 Å². The van der Waals surface area contributed by atoms with Crippen LogP contribution in [0.25, 0.3) is 0 Å². The first kappa shape index (κ1) is 21.1. The number of benzene rings is 1. The van der Waals surface area contributed by atoms with E-state index in [0.717, 1.165) is 5.82 Å². The number of nitrogens with zero attached hydrogens (tertiary/aromatic N) is 3. The number of carbonyl (C=O) groups excluding carboxylic acids is 3. The maximum atomic E-state index is 12.3. The fourth-order valence-corrected chi connectivity index (χ4v) is 3.09. The lowest BCUT2D eigenvalue weighted by atomic mass is 10.2. The summed E-state index contributed by atoms with van der Waals surface area (Å²) in [5.74, 6) is -0.120. The van der Waals surface area contributed by atoms with Gasteiger partial charge in [0.05, 0.1) is 12.7 Å². The summed E-state index contributed by atoms with van der Waals surface area (Å²) in [6, 6.07) is 12.4. The molecule has 2 heterocycles. The van der Waals surface area contributed by atoms with Crippen LogP contribution in [0.2, 0.25) is 0 Å². The zero-order chi connectivity index (χ0) is 21.3. The van der Waals surface area contributed by atoms with Crippen molar-refractivity contribution in [2.24, 2.45) is 0 Å². The number of pyridine rings is 1. The van der Waals surface area contributed by atoms with Crippen LogP contribution in [0.1, 0.15) is 10.4 Å². The molecule has 9 nitrogen and oxygen atoms in total. The van der Waals surface area contributed by atoms with Crippen molar-refractivity contribution in [2.45, 2.75) is 0 Å². The molecule has 158 valence electrons. The molecule has 30 heavy (non-hydrogen) atoms. The number of hydrogen-bond acceptors (Lipinski definition) is 7. The van der Waals surface area contributed by atoms with Crippen LogP contribution in [-0.2, 0) is 14.3 Å². The molecule has 9 heteroatoms. The molecule has 2 aromatic rings. The summed E-state index contributed by atoms with van der Waals surface area (Å²) in [5, 5.41) is 2.47. The molecule has 1 aliphatic rings. The number of ether oxygens (including phenoxy) is 2. The molecular weight excluding hydrogens is 388 g/mol. The lowest BCUT2D eigenvalue weighted by Crippen LogP contribution is -2.50. The third kappa shape index (κ3) is 5.47. The summed E-state index contributed by atoms with van der Waals surface area (Å²) in [5.41, 5.74) is 0.314. The van der Waals surface area contributed by atoms with E-state index in [1.165, 1.54) is 7.11 Å². The van der Waals surface area contributed by atoms with Gasteiger partial charge in [-0.25, -0.2) is 4.98 Å². The van der Waals surface area contributed by atoms with Gasteiger partial charge < -0.3 is 24.6 Å². The average molecular weight is 412 g/mol. The number of anilines is 1. The fraction of sp³-hybridized carbons (Fsp3) is 0.333. The maximum Gasteiger partial charge on any atom is 0.325 e. The Labute approximate surface area is 174 Å². The molecule has 0 unspecified atom stereocenters. The highest BCUT2D eigenvalue weighted by atomic mass is 16.5. The maximum absolute atomic E-state index is 12.3. The standard InChI is InChI=1S/C21H24N4O5/c1-29-17-7-3-2-6-16(17)21(28)23-14-20(27)30-15-19(26)25-12-10-24(11-13-25)18-8-4-5-9-22-18/h2-9H,10-15H2,1H3,(H,23,28). The largest absolute Gasteiger partial charge is 0.496 e. The van der Waals surface area contributed by atoms with E-state index in [4.69, 9.17) is 9.47 Å². The van der Waals surface area contributed by atoms with Gasteiger partial charge in [0.1, 0.15) is 18.1 Å². The van der Waals surface area contributed by atoms with Crippen LogP contribution in [-0.4, -0.2) is 74.1 Å². The molecule has 0 saturated carbocycles. The summed E-state index contributed by atoms with van der Waals surface area (Å²) in [7, 11) is 1.46. The van der Waals surface area contributed by atoms with E-state index >= 15 is 0 Å². The molecule has 0 bridgehead atoms. The highest BCUT2D eigenvalue weighted by Crippen LogP contribution is 2.16. The van der Waals surface area contributed by atoms with Crippen molar-refractivity contribution in [3.63, 3.8) is 0 Å². The Balaban J connectivity index is 1.38. The van der Waals surface area contributed by atoms with Gasteiger partial charge in [-0.05, 0) is 24.3 Å². The monoisotopic (exact) mass is 412 g/mol. The number of hydrogen-bond donors (Lipinski definition) is 1. The van der Waals surface area contributed by atoms with Crippen LogP contribution in [0.15, 0.2) is 48.7 Å². The smallest absolute Gasteiger partial charge is 0.325 e. The second kappa shape index (κ2) is 10.2. The minimum atomic E-state index is -0.682. The minimum absolute atomic E-state index is 0.264. The fourth-order valence-electron chi connectivity index (χ4n) is 3.09. The van der Waals surface area contributed by atoms with E-state index in [0.29, 0.717) is 37.5 Å². The van der Waals surface area contributed by atoms with Crippen LogP contribution < -0.4 is 15.0 Å². The third-order valence-electron chi connectivity index (χ3n) is 4.71. The first-order valence-electron chi connectivity index (χ1n) is 9.59. The molecule has 0 atom stereocenters. The Kier molecular flexibility index (Phi) is 7.20. The van der Waals surface area contributed by atoms with Crippen LogP contribution in [0.5, 0.6) is 5.75 Å². The van der Waals surface area contributed by atoms with Gasteiger partial charge in [0.15, 0.2) is 6.61 Å².